The molecule has 0 amide bonds. The van der Waals surface area contributed by atoms with Crippen LogP contribution < -0.4 is 0 Å². The van der Waals surface area contributed by atoms with E-state index >= 15 is 0 Å². The Balaban J connectivity index is 2.06. The van der Waals surface area contributed by atoms with Crippen molar-refractivity contribution in [1.29, 1.82) is 0 Å². The van der Waals surface area contributed by atoms with E-state index in [1.165, 1.54) is 83.5 Å². The Morgan fingerprint density at radius 3 is 1.54 bits per heavy atom. The number of esters is 2. The highest BCUT2D eigenvalue weighted by molar-refractivity contribution is 5.91. The summed E-state index contributed by atoms with van der Waals surface area (Å²) in [5.41, 5.74) is 0.306. The van der Waals surface area contributed by atoms with Crippen molar-refractivity contribution in [2.75, 3.05) is 13.2 Å². The summed E-state index contributed by atoms with van der Waals surface area (Å²) in [6, 6.07) is 4.79. The highest BCUT2D eigenvalue weighted by atomic mass is 16.5. The van der Waals surface area contributed by atoms with Crippen LogP contribution in [-0.4, -0.2) is 30.1 Å². The second-order valence-corrected chi connectivity index (χ2v) is 9.77. The number of aromatic nitrogens is 1. The van der Waals surface area contributed by atoms with Crippen LogP contribution in [0.5, 0.6) is 0 Å². The molecular weight excluding hydrogens is 438 g/mol. The van der Waals surface area contributed by atoms with Gasteiger partial charge in [0.1, 0.15) is 11.4 Å². The van der Waals surface area contributed by atoms with Gasteiger partial charge < -0.3 is 9.47 Å². The molecule has 0 bridgehead atoms. The van der Waals surface area contributed by atoms with Gasteiger partial charge in [-0.1, -0.05) is 130 Å². The van der Waals surface area contributed by atoms with Crippen LogP contribution >= 0.6 is 0 Å². The lowest BCUT2D eigenvalue weighted by Crippen LogP contribution is -2.16. The smallest absolute Gasteiger partial charge is 0.356 e. The fraction of sp³-hybridized carbons (Fsp3) is 0.767. The lowest BCUT2D eigenvalue weighted by Gasteiger charge is -2.12. The van der Waals surface area contributed by atoms with Gasteiger partial charge in [-0.2, -0.15) is 0 Å². The maximum atomic E-state index is 12.3. The number of carbonyl (C=O) groups is 2. The van der Waals surface area contributed by atoms with Crippen LogP contribution in [-0.2, 0) is 9.47 Å². The largest absolute Gasteiger partial charge is 0.461 e. The van der Waals surface area contributed by atoms with Gasteiger partial charge in [-0.05, 0) is 24.5 Å². The van der Waals surface area contributed by atoms with Crippen LogP contribution in [0.3, 0.4) is 0 Å². The predicted octanol–water partition coefficient (Wildman–Crippen LogP) is 8.70. The number of rotatable bonds is 22. The molecule has 0 aliphatic heterocycles. The second kappa shape index (κ2) is 21.4. The standard InChI is InChI=1S/C30H51NO4/c1-4-7-8-9-10-11-12-13-14-15-16-17-18-19-20-24-34-29(32)27-22-21-23-28(31-27)30(33)35-25-26(5-2)6-3/h21-23,26H,4-20,24-25H2,1-3H3. The fourth-order valence-electron chi connectivity index (χ4n) is 4.17. The van der Waals surface area contributed by atoms with Crippen LogP contribution in [0.15, 0.2) is 18.2 Å². The molecule has 1 rings (SSSR count). The van der Waals surface area contributed by atoms with Gasteiger partial charge >= 0.3 is 11.9 Å². The van der Waals surface area contributed by atoms with E-state index in [1.54, 1.807) is 18.2 Å². The molecule has 35 heavy (non-hydrogen) atoms. The zero-order chi connectivity index (χ0) is 25.6. The Bertz CT molecular complexity index is 672. The molecule has 0 N–H and O–H groups in total. The number of ether oxygens (including phenoxy) is 2. The number of unbranched alkanes of at least 4 members (excludes halogenated alkanes) is 14. The highest BCUT2D eigenvalue weighted by Crippen LogP contribution is 2.14. The number of hydrogen-bond acceptors (Lipinski definition) is 5. The summed E-state index contributed by atoms with van der Waals surface area (Å²) < 4.78 is 10.7. The number of carbonyl (C=O) groups excluding carboxylic acids is 2. The van der Waals surface area contributed by atoms with Crippen LogP contribution in [0.25, 0.3) is 0 Å². The van der Waals surface area contributed by atoms with Crippen LogP contribution in [0.2, 0.25) is 0 Å². The molecule has 0 saturated heterocycles. The van der Waals surface area contributed by atoms with Gasteiger partial charge in [-0.15, -0.1) is 0 Å². The van der Waals surface area contributed by atoms with E-state index < -0.39 is 11.9 Å². The average molecular weight is 490 g/mol. The van der Waals surface area contributed by atoms with Gasteiger partial charge in [-0.25, -0.2) is 14.6 Å². The van der Waals surface area contributed by atoms with E-state index in [-0.39, 0.29) is 11.4 Å². The van der Waals surface area contributed by atoms with E-state index in [9.17, 15) is 9.59 Å². The number of hydrogen-bond donors (Lipinski definition) is 0. The molecule has 1 aromatic rings. The van der Waals surface area contributed by atoms with Crippen molar-refractivity contribution in [1.82, 2.24) is 4.98 Å². The third-order valence-corrected chi connectivity index (χ3v) is 6.75. The lowest BCUT2D eigenvalue weighted by molar-refractivity contribution is 0.0425. The predicted molar refractivity (Wildman–Crippen MR) is 144 cm³/mol. The van der Waals surface area contributed by atoms with Crippen molar-refractivity contribution in [3.8, 4) is 0 Å². The molecule has 0 aliphatic rings. The Kier molecular flexibility index (Phi) is 19.0. The molecule has 1 aromatic heterocycles. The molecular formula is C30H51NO4. The zero-order valence-corrected chi connectivity index (χ0v) is 22.8. The summed E-state index contributed by atoms with van der Waals surface area (Å²) in [6.07, 6.45) is 21.5. The van der Waals surface area contributed by atoms with Crippen molar-refractivity contribution in [2.24, 2.45) is 5.92 Å². The minimum Gasteiger partial charge on any atom is -0.461 e. The third kappa shape index (κ3) is 15.6. The van der Waals surface area contributed by atoms with Crippen LogP contribution in [0, 0.1) is 5.92 Å². The summed E-state index contributed by atoms with van der Waals surface area (Å²) in [5, 5.41) is 0. The maximum absolute atomic E-state index is 12.3. The van der Waals surface area contributed by atoms with Crippen molar-refractivity contribution >= 4 is 11.9 Å². The Labute approximate surface area is 214 Å². The summed E-state index contributed by atoms with van der Waals surface area (Å²) in [6.45, 7) is 7.19. The summed E-state index contributed by atoms with van der Waals surface area (Å²) in [4.78, 5) is 28.7. The van der Waals surface area contributed by atoms with Gasteiger partial charge in [0.25, 0.3) is 0 Å². The van der Waals surface area contributed by atoms with Crippen molar-refractivity contribution in [3.05, 3.63) is 29.6 Å². The second-order valence-electron chi connectivity index (χ2n) is 9.77. The quantitative estimate of drug-likeness (QED) is 0.120. The van der Waals surface area contributed by atoms with E-state index in [0.29, 0.717) is 19.1 Å². The van der Waals surface area contributed by atoms with Gasteiger partial charge in [-0.3, -0.25) is 0 Å². The SMILES string of the molecule is CCCCCCCCCCCCCCCCCOC(=O)c1cccc(C(=O)OCC(CC)CC)n1. The highest BCUT2D eigenvalue weighted by Gasteiger charge is 2.15. The fourth-order valence-corrected chi connectivity index (χ4v) is 4.17. The molecule has 1 heterocycles. The number of nitrogens with zero attached hydrogens (tertiary/aromatic N) is 1. The average Bonchev–Trinajstić information content (AvgIpc) is 2.88. The first-order chi connectivity index (χ1) is 17.1. The third-order valence-electron chi connectivity index (χ3n) is 6.75. The van der Waals surface area contributed by atoms with E-state index in [1.807, 2.05) is 0 Å². The molecule has 5 nitrogen and oxygen atoms in total. The van der Waals surface area contributed by atoms with Gasteiger partial charge in [0.2, 0.25) is 0 Å². The van der Waals surface area contributed by atoms with Crippen LogP contribution in [0.1, 0.15) is 151 Å². The molecule has 0 atom stereocenters. The minimum atomic E-state index is -0.492. The summed E-state index contributed by atoms with van der Waals surface area (Å²) >= 11 is 0. The van der Waals surface area contributed by atoms with Gasteiger partial charge in [0.05, 0.1) is 13.2 Å². The first kappa shape index (κ1) is 31.1. The minimum absolute atomic E-state index is 0.150. The molecule has 0 spiro atoms. The van der Waals surface area contributed by atoms with Crippen LogP contribution in [0.4, 0.5) is 0 Å². The van der Waals surface area contributed by atoms with Gasteiger partial charge in [0, 0.05) is 0 Å². The topological polar surface area (TPSA) is 65.5 Å². The molecule has 0 saturated carbocycles. The summed E-state index contributed by atoms with van der Waals surface area (Å²) in [7, 11) is 0. The van der Waals surface area contributed by atoms with E-state index in [0.717, 1.165) is 25.7 Å². The normalized spacial score (nSPS) is 11.1. The Hall–Kier alpha value is -1.91. The first-order valence-electron chi connectivity index (χ1n) is 14.4. The Morgan fingerprint density at radius 2 is 1.09 bits per heavy atom. The van der Waals surface area contributed by atoms with E-state index in [2.05, 4.69) is 25.8 Å². The van der Waals surface area contributed by atoms with Crippen molar-refractivity contribution in [2.45, 2.75) is 130 Å². The maximum Gasteiger partial charge on any atom is 0.356 e. The molecule has 0 unspecified atom stereocenters. The zero-order valence-electron chi connectivity index (χ0n) is 22.8. The lowest BCUT2D eigenvalue weighted by atomic mass is 10.0. The Morgan fingerprint density at radius 1 is 0.657 bits per heavy atom. The number of pyridine rings is 1. The van der Waals surface area contributed by atoms with Gasteiger partial charge in [0.15, 0.2) is 0 Å². The molecule has 0 radical (unpaired) electrons. The molecule has 0 aromatic carbocycles. The molecule has 0 aliphatic carbocycles. The molecule has 200 valence electrons. The summed E-state index contributed by atoms with van der Waals surface area (Å²) in [5.74, 6) is -0.624. The van der Waals surface area contributed by atoms with E-state index in [4.69, 9.17) is 9.47 Å². The van der Waals surface area contributed by atoms with Crippen molar-refractivity contribution in [3.63, 3.8) is 0 Å². The monoisotopic (exact) mass is 489 g/mol. The van der Waals surface area contributed by atoms with Crippen molar-refractivity contribution < 1.29 is 19.1 Å². The first-order valence-corrected chi connectivity index (χ1v) is 14.4. The molecule has 0 fully saturated rings. The molecule has 5 heteroatoms.